The molecule has 0 aromatic heterocycles. The van der Waals surface area contributed by atoms with Crippen LogP contribution in [0.15, 0.2) is 53.6 Å². The van der Waals surface area contributed by atoms with E-state index >= 15 is 0 Å². The molecule has 0 aliphatic carbocycles. The van der Waals surface area contributed by atoms with Crippen molar-refractivity contribution in [1.82, 2.24) is 5.43 Å². The third-order valence-electron chi connectivity index (χ3n) is 3.62. The second-order valence-corrected chi connectivity index (χ2v) is 6.61. The largest absolute Gasteiger partial charge is 0.331 e. The summed E-state index contributed by atoms with van der Waals surface area (Å²) in [6.07, 6.45) is 0.777. The lowest BCUT2D eigenvalue weighted by Crippen LogP contribution is -2.25. The van der Waals surface area contributed by atoms with Crippen LogP contribution in [0.2, 0.25) is 5.02 Å². The number of hydrogen-bond acceptors (Lipinski definition) is 2. The average molecular weight is 360 g/mol. The molecule has 2 aromatic rings. The molecule has 0 unspecified atom stereocenters. The van der Waals surface area contributed by atoms with Gasteiger partial charge in [0.2, 0.25) is 0 Å². The fourth-order valence-electron chi connectivity index (χ4n) is 2.24. The Balaban J connectivity index is 2.00. The number of hydrazone groups is 1. The van der Waals surface area contributed by atoms with Crippen LogP contribution in [-0.4, -0.2) is 10.8 Å². The first-order chi connectivity index (χ1) is 11.5. The zero-order valence-corrected chi connectivity index (χ0v) is 15.7. The van der Waals surface area contributed by atoms with Gasteiger partial charge in [-0.1, -0.05) is 56.6 Å². The average Bonchev–Trinajstić information content (AvgIpc) is 2.56. The fraction of sp³-hybridized carbons (Fsp3) is 0.263. The predicted octanol–water partition coefficient (Wildman–Crippen LogP) is 5.56. The number of hydrogen-bond donors (Lipinski definition) is 2. The predicted molar refractivity (Wildman–Crippen MR) is 108 cm³/mol. The molecule has 0 atom stereocenters. The number of anilines is 1. The highest BCUT2D eigenvalue weighted by atomic mass is 35.5. The highest BCUT2D eigenvalue weighted by molar-refractivity contribution is 7.80. The zero-order chi connectivity index (χ0) is 17.5. The van der Waals surface area contributed by atoms with Gasteiger partial charge in [0, 0.05) is 10.7 Å². The van der Waals surface area contributed by atoms with E-state index in [1.165, 1.54) is 5.56 Å². The monoisotopic (exact) mass is 359 g/mol. The molecule has 126 valence electrons. The van der Waals surface area contributed by atoms with Crippen LogP contribution in [0, 0.1) is 0 Å². The van der Waals surface area contributed by atoms with E-state index in [1.54, 1.807) is 0 Å². The molecule has 0 saturated heterocycles. The number of thiocarbonyl (C=S) groups is 1. The van der Waals surface area contributed by atoms with Gasteiger partial charge in [-0.15, -0.1) is 0 Å². The Bertz CT molecular complexity index is 724. The van der Waals surface area contributed by atoms with E-state index in [9.17, 15) is 0 Å². The summed E-state index contributed by atoms with van der Waals surface area (Å²) in [5.74, 6) is 0.513. The van der Waals surface area contributed by atoms with Crippen LogP contribution < -0.4 is 10.7 Å². The summed E-state index contributed by atoms with van der Waals surface area (Å²) in [5.41, 5.74) is 7.03. The number of benzene rings is 2. The van der Waals surface area contributed by atoms with E-state index in [-0.39, 0.29) is 0 Å². The molecule has 0 aliphatic rings. The van der Waals surface area contributed by atoms with E-state index in [0.717, 1.165) is 23.4 Å². The molecule has 5 heteroatoms. The topological polar surface area (TPSA) is 36.4 Å². The minimum Gasteiger partial charge on any atom is -0.331 e. The van der Waals surface area contributed by atoms with Crippen molar-refractivity contribution in [2.75, 3.05) is 5.32 Å². The molecule has 2 aromatic carbocycles. The van der Waals surface area contributed by atoms with Crippen molar-refractivity contribution in [3.05, 3.63) is 64.7 Å². The van der Waals surface area contributed by atoms with E-state index in [2.05, 4.69) is 41.8 Å². The van der Waals surface area contributed by atoms with Crippen LogP contribution in [0.4, 0.5) is 5.69 Å². The van der Waals surface area contributed by atoms with E-state index < -0.39 is 0 Å². The molecule has 0 saturated carbocycles. The van der Waals surface area contributed by atoms with Gasteiger partial charge in [-0.3, -0.25) is 5.43 Å². The Kier molecular flexibility index (Phi) is 6.76. The van der Waals surface area contributed by atoms with Crippen molar-refractivity contribution in [2.24, 2.45) is 5.10 Å². The maximum atomic E-state index is 6.04. The highest BCUT2D eigenvalue weighted by Gasteiger charge is 2.04. The summed E-state index contributed by atoms with van der Waals surface area (Å²) in [5, 5.41) is 8.69. The van der Waals surface area contributed by atoms with Gasteiger partial charge in [-0.05, 0) is 59.9 Å². The van der Waals surface area contributed by atoms with Gasteiger partial charge in [0.05, 0.1) is 5.71 Å². The molecule has 2 N–H and O–H groups in total. The first kappa shape index (κ1) is 18.4. The highest BCUT2D eigenvalue weighted by Crippen LogP contribution is 2.17. The summed E-state index contributed by atoms with van der Waals surface area (Å²) < 4.78 is 0. The number of halogens is 1. The molecule has 2 rings (SSSR count). The van der Waals surface area contributed by atoms with Gasteiger partial charge in [-0.25, -0.2) is 0 Å². The molecule has 0 aliphatic heterocycles. The van der Waals surface area contributed by atoms with Gasteiger partial charge >= 0.3 is 0 Å². The van der Waals surface area contributed by atoms with Gasteiger partial charge in [0.1, 0.15) is 0 Å². The SMILES string of the molecule is CC/C(=N\NC(=S)Nc1ccc(C(C)C)cc1)c1cccc(Cl)c1. The quantitative estimate of drug-likeness (QED) is 0.416. The lowest BCUT2D eigenvalue weighted by atomic mass is 10.0. The van der Waals surface area contributed by atoms with Gasteiger partial charge in [-0.2, -0.15) is 5.10 Å². The van der Waals surface area contributed by atoms with Crippen molar-refractivity contribution >= 4 is 40.3 Å². The number of nitrogens with one attached hydrogen (secondary N) is 2. The Morgan fingerprint density at radius 3 is 2.46 bits per heavy atom. The van der Waals surface area contributed by atoms with E-state index in [0.29, 0.717) is 16.1 Å². The molecule has 24 heavy (non-hydrogen) atoms. The van der Waals surface area contributed by atoms with Crippen LogP contribution in [0.1, 0.15) is 44.2 Å². The molecular weight excluding hydrogens is 338 g/mol. The summed E-state index contributed by atoms with van der Waals surface area (Å²) in [4.78, 5) is 0. The van der Waals surface area contributed by atoms with Crippen molar-refractivity contribution in [2.45, 2.75) is 33.1 Å². The molecule has 0 bridgehead atoms. The normalized spacial score (nSPS) is 11.5. The van der Waals surface area contributed by atoms with E-state index in [4.69, 9.17) is 23.8 Å². The first-order valence-corrected chi connectivity index (χ1v) is 8.77. The Hall–Kier alpha value is -1.91. The lowest BCUT2D eigenvalue weighted by Gasteiger charge is -2.11. The smallest absolute Gasteiger partial charge is 0.191 e. The van der Waals surface area contributed by atoms with Crippen molar-refractivity contribution in [3.63, 3.8) is 0 Å². The molecule has 0 spiro atoms. The summed E-state index contributed by atoms with van der Waals surface area (Å²) in [7, 11) is 0. The van der Waals surface area contributed by atoms with Crippen molar-refractivity contribution in [3.8, 4) is 0 Å². The minimum atomic E-state index is 0.459. The van der Waals surface area contributed by atoms with Gasteiger partial charge in [0.25, 0.3) is 0 Å². The van der Waals surface area contributed by atoms with Crippen molar-refractivity contribution < 1.29 is 0 Å². The zero-order valence-electron chi connectivity index (χ0n) is 14.1. The first-order valence-electron chi connectivity index (χ1n) is 7.99. The van der Waals surface area contributed by atoms with Crippen LogP contribution in [0.5, 0.6) is 0 Å². The molecule has 3 nitrogen and oxygen atoms in total. The maximum Gasteiger partial charge on any atom is 0.191 e. The molecule has 0 fully saturated rings. The number of rotatable bonds is 5. The summed E-state index contributed by atoms with van der Waals surface area (Å²) in [6, 6.07) is 15.9. The second-order valence-electron chi connectivity index (χ2n) is 5.77. The Labute approximate surface area is 154 Å². The third kappa shape index (κ3) is 5.32. The maximum absolute atomic E-state index is 6.04. The van der Waals surface area contributed by atoms with Crippen LogP contribution in [-0.2, 0) is 0 Å². The minimum absolute atomic E-state index is 0.459. The number of nitrogens with zero attached hydrogens (tertiary/aromatic N) is 1. The molecular formula is C19H22ClN3S. The van der Waals surface area contributed by atoms with Crippen molar-refractivity contribution in [1.29, 1.82) is 0 Å². The lowest BCUT2D eigenvalue weighted by molar-refractivity contribution is 0.867. The summed E-state index contributed by atoms with van der Waals surface area (Å²) >= 11 is 11.3. The molecule has 0 radical (unpaired) electrons. The van der Waals surface area contributed by atoms with E-state index in [1.807, 2.05) is 43.3 Å². The van der Waals surface area contributed by atoms with Crippen LogP contribution in [0.25, 0.3) is 0 Å². The van der Waals surface area contributed by atoms with Gasteiger partial charge < -0.3 is 5.32 Å². The Morgan fingerprint density at radius 1 is 1.17 bits per heavy atom. The van der Waals surface area contributed by atoms with Gasteiger partial charge in [0.15, 0.2) is 5.11 Å². The van der Waals surface area contributed by atoms with Crippen LogP contribution in [0.3, 0.4) is 0 Å². The Morgan fingerprint density at radius 2 is 1.88 bits per heavy atom. The standard InChI is InChI=1S/C19H22ClN3S/c1-4-18(15-6-5-7-16(20)12-15)22-23-19(24)21-17-10-8-14(9-11-17)13(2)3/h5-13H,4H2,1-3H3,(H2,21,23,24)/b22-18+. The summed E-state index contributed by atoms with van der Waals surface area (Å²) in [6.45, 7) is 6.39. The fourth-order valence-corrected chi connectivity index (χ4v) is 2.60. The van der Waals surface area contributed by atoms with Crippen LogP contribution >= 0.6 is 23.8 Å². The third-order valence-corrected chi connectivity index (χ3v) is 4.05. The second kappa shape index (κ2) is 8.81. The molecule has 0 amide bonds. The molecule has 0 heterocycles.